The predicted octanol–water partition coefficient (Wildman–Crippen LogP) is 6.68. The molecule has 0 amide bonds. The number of hydrogen-bond donors (Lipinski definition) is 0. The van der Waals surface area contributed by atoms with Crippen LogP contribution in [0.4, 0.5) is 8.78 Å². The minimum atomic E-state index is -0.728. The lowest BCUT2D eigenvalue weighted by Crippen LogP contribution is -2.21. The first-order valence-electron chi connectivity index (χ1n) is 10.1. The summed E-state index contributed by atoms with van der Waals surface area (Å²) in [4.78, 5) is 0. The van der Waals surface area contributed by atoms with Crippen LogP contribution >= 0.6 is 0 Å². The number of halogens is 2. The van der Waals surface area contributed by atoms with Crippen LogP contribution in [0.1, 0.15) is 69.8 Å². The molecule has 0 bridgehead atoms. The average Bonchev–Trinajstić information content (AvgIpc) is 2.63. The number of hydrogen-bond acceptors (Lipinski definition) is 0. The Bertz CT molecular complexity index is 515. The molecule has 1 aliphatic heterocycles. The molecule has 0 radical (unpaired) electrons. The zero-order valence-electron chi connectivity index (χ0n) is 15.1. The van der Waals surface area contributed by atoms with Gasteiger partial charge in [0.15, 0.2) is 11.6 Å². The van der Waals surface area contributed by atoms with Gasteiger partial charge < -0.3 is 0 Å². The van der Waals surface area contributed by atoms with E-state index in [1.165, 1.54) is 56.7 Å². The van der Waals surface area contributed by atoms with Gasteiger partial charge in [0.1, 0.15) is 0 Å². The van der Waals surface area contributed by atoms with E-state index in [0.717, 1.165) is 30.2 Å². The molecule has 0 N–H and O–H groups in total. The maximum absolute atomic E-state index is 13.4. The summed E-state index contributed by atoms with van der Waals surface area (Å²) >= 11 is 0. The quantitative estimate of drug-likeness (QED) is 0.520. The third-order valence-electron chi connectivity index (χ3n) is 6.79. The van der Waals surface area contributed by atoms with Crippen LogP contribution in [0.5, 0.6) is 0 Å². The van der Waals surface area contributed by atoms with E-state index in [0.29, 0.717) is 5.92 Å². The average molecular weight is 351 g/mol. The zero-order chi connectivity index (χ0) is 16.9. The first kappa shape index (κ1) is 18.1. The Hall–Kier alpha value is -0.703. The molecule has 0 nitrogen and oxygen atoms in total. The maximum atomic E-state index is 13.4. The molecule has 0 atom stereocenters. The van der Waals surface area contributed by atoms with Crippen molar-refractivity contribution in [2.75, 3.05) is 0 Å². The third kappa shape index (κ3) is 4.68. The topological polar surface area (TPSA) is 0 Å². The van der Waals surface area contributed by atoms with Gasteiger partial charge in [-0.15, -0.1) is 0 Å². The molecule has 2 fully saturated rings. The van der Waals surface area contributed by atoms with Crippen molar-refractivity contribution in [3.8, 4) is 0 Å². The Morgan fingerprint density at radius 2 is 1.50 bits per heavy atom. The monoisotopic (exact) mass is 350 g/mol. The second-order valence-electron chi connectivity index (χ2n) is 8.26. The molecule has 1 aliphatic carbocycles. The van der Waals surface area contributed by atoms with Gasteiger partial charge in [0.25, 0.3) is 0 Å². The van der Waals surface area contributed by atoms with Crippen molar-refractivity contribution in [2.24, 2.45) is 11.8 Å². The highest BCUT2D eigenvalue weighted by molar-refractivity contribution is 6.58. The normalized spacial score (nSPS) is 31.1. The highest BCUT2D eigenvalue weighted by Gasteiger charge is 2.25. The summed E-state index contributed by atoms with van der Waals surface area (Å²) < 4.78 is 26.5. The van der Waals surface area contributed by atoms with Crippen LogP contribution in [0.3, 0.4) is 0 Å². The SMILES string of the molecule is CC[SiH]1CCC(CC[C@H]2CC[C@H](c3ccc(F)c(F)c3)CC2)CC1. The highest BCUT2D eigenvalue weighted by Crippen LogP contribution is 2.39. The van der Waals surface area contributed by atoms with E-state index < -0.39 is 11.6 Å². The first-order chi connectivity index (χ1) is 11.7. The lowest BCUT2D eigenvalue weighted by atomic mass is 9.76. The van der Waals surface area contributed by atoms with E-state index >= 15 is 0 Å². The van der Waals surface area contributed by atoms with Crippen LogP contribution in [0.25, 0.3) is 0 Å². The summed E-state index contributed by atoms with van der Waals surface area (Å²) in [5, 5.41) is 0. The summed E-state index contributed by atoms with van der Waals surface area (Å²) in [6.45, 7) is 2.39. The van der Waals surface area contributed by atoms with E-state index in [9.17, 15) is 8.78 Å². The van der Waals surface area contributed by atoms with Crippen LogP contribution in [0.15, 0.2) is 18.2 Å². The standard InChI is InChI=1S/C21H32F2Si/c1-2-24-13-11-17(12-14-24)4-3-16-5-7-18(8-6-16)19-9-10-20(22)21(23)15-19/h9-10,15-18,24H,2-8,11-14H2,1H3/t16-,17?,18-,24?. The Balaban J connectivity index is 1.40. The van der Waals surface area contributed by atoms with E-state index in [-0.39, 0.29) is 8.80 Å². The smallest absolute Gasteiger partial charge is 0.159 e. The summed E-state index contributed by atoms with van der Waals surface area (Å²) in [5.41, 5.74) is 0.996. The minimum Gasteiger partial charge on any atom is -0.204 e. The minimum absolute atomic E-state index is 0.311. The molecule has 1 saturated carbocycles. The van der Waals surface area contributed by atoms with Crippen molar-refractivity contribution in [3.05, 3.63) is 35.4 Å². The van der Waals surface area contributed by atoms with Gasteiger partial charge in [-0.3, -0.25) is 0 Å². The highest BCUT2D eigenvalue weighted by atomic mass is 28.3. The Kier molecular flexibility index (Phi) is 6.48. The Morgan fingerprint density at radius 1 is 0.875 bits per heavy atom. The van der Waals surface area contributed by atoms with Crippen LogP contribution < -0.4 is 0 Å². The summed E-state index contributed by atoms with van der Waals surface area (Å²) in [6, 6.07) is 9.15. The van der Waals surface area contributed by atoms with Crippen molar-refractivity contribution in [1.29, 1.82) is 0 Å². The van der Waals surface area contributed by atoms with Gasteiger partial charge >= 0.3 is 0 Å². The van der Waals surface area contributed by atoms with Crippen LogP contribution in [0, 0.1) is 23.5 Å². The molecule has 0 aromatic heterocycles. The largest absolute Gasteiger partial charge is 0.204 e. The fraction of sp³-hybridized carbons (Fsp3) is 0.714. The van der Waals surface area contributed by atoms with E-state index in [2.05, 4.69) is 6.92 Å². The van der Waals surface area contributed by atoms with Gasteiger partial charge in [-0.2, -0.15) is 0 Å². The predicted molar refractivity (Wildman–Crippen MR) is 100 cm³/mol. The van der Waals surface area contributed by atoms with Gasteiger partial charge in [-0.25, -0.2) is 8.78 Å². The van der Waals surface area contributed by atoms with Crippen LogP contribution in [-0.2, 0) is 0 Å². The van der Waals surface area contributed by atoms with E-state index in [4.69, 9.17) is 0 Å². The van der Waals surface area contributed by atoms with Crippen molar-refractivity contribution in [1.82, 2.24) is 0 Å². The molecule has 134 valence electrons. The molecule has 1 aromatic carbocycles. The molecule has 0 spiro atoms. The van der Waals surface area contributed by atoms with Gasteiger partial charge in [0.05, 0.1) is 0 Å². The number of benzene rings is 1. The molecule has 24 heavy (non-hydrogen) atoms. The van der Waals surface area contributed by atoms with Gasteiger partial charge in [0.2, 0.25) is 0 Å². The van der Waals surface area contributed by atoms with Crippen LogP contribution in [-0.4, -0.2) is 8.80 Å². The molecule has 1 heterocycles. The summed E-state index contributed by atoms with van der Waals surface area (Å²) in [6.07, 6.45) is 10.7. The third-order valence-corrected chi connectivity index (χ3v) is 10.2. The fourth-order valence-electron chi connectivity index (χ4n) is 4.95. The molecular formula is C21H32F2Si. The lowest BCUT2D eigenvalue weighted by molar-refractivity contribution is 0.280. The van der Waals surface area contributed by atoms with E-state index in [1.54, 1.807) is 18.2 Å². The zero-order valence-corrected chi connectivity index (χ0v) is 16.2. The number of rotatable bonds is 5. The van der Waals surface area contributed by atoms with Crippen molar-refractivity contribution in [2.45, 2.75) is 82.3 Å². The Labute approximate surface area is 147 Å². The Morgan fingerprint density at radius 3 is 2.08 bits per heavy atom. The van der Waals surface area contributed by atoms with Gasteiger partial charge in [-0.1, -0.05) is 56.8 Å². The van der Waals surface area contributed by atoms with Gasteiger partial charge in [0, 0.05) is 8.80 Å². The van der Waals surface area contributed by atoms with Crippen molar-refractivity contribution < 1.29 is 8.78 Å². The molecule has 1 aromatic rings. The molecule has 3 heteroatoms. The van der Waals surface area contributed by atoms with E-state index in [1.807, 2.05) is 0 Å². The molecular weight excluding hydrogens is 318 g/mol. The maximum Gasteiger partial charge on any atom is 0.159 e. The summed E-state index contributed by atoms with van der Waals surface area (Å²) in [5.74, 6) is 0.883. The molecule has 2 aliphatic rings. The lowest BCUT2D eigenvalue weighted by Gasteiger charge is -2.31. The fourth-order valence-corrected chi connectivity index (χ4v) is 7.94. The van der Waals surface area contributed by atoms with Gasteiger partial charge in [-0.05, 0) is 61.1 Å². The molecule has 1 saturated heterocycles. The second-order valence-corrected chi connectivity index (χ2v) is 12.0. The molecule has 0 unspecified atom stereocenters. The van der Waals surface area contributed by atoms with Crippen molar-refractivity contribution in [3.63, 3.8) is 0 Å². The van der Waals surface area contributed by atoms with Crippen molar-refractivity contribution >= 4 is 8.80 Å². The summed E-state index contributed by atoms with van der Waals surface area (Å²) in [7, 11) is -0.311. The van der Waals surface area contributed by atoms with Crippen LogP contribution in [0.2, 0.25) is 18.1 Å². The second kappa shape index (κ2) is 8.60. The molecule has 3 rings (SSSR count). The first-order valence-corrected chi connectivity index (χ1v) is 12.6.